The molecule has 0 saturated heterocycles. The molecule has 110 valence electrons. The standard InChI is InChI=1S/C18H20ClNO/c1-13(2)15-10-7-14(8-11-15)9-12-18(21)20-17-6-4-3-5-16(17)19/h3-8,10-11,13H,9,12H2,1-2H3,(H,20,21). The molecule has 0 bridgehead atoms. The molecular weight excluding hydrogens is 282 g/mol. The van der Waals surface area contributed by atoms with E-state index in [9.17, 15) is 4.79 Å². The lowest BCUT2D eigenvalue weighted by molar-refractivity contribution is -0.116. The second kappa shape index (κ2) is 7.28. The lowest BCUT2D eigenvalue weighted by Crippen LogP contribution is -2.12. The van der Waals surface area contributed by atoms with Gasteiger partial charge in [0.05, 0.1) is 10.7 Å². The highest BCUT2D eigenvalue weighted by atomic mass is 35.5. The molecule has 0 aliphatic heterocycles. The maximum atomic E-state index is 11.9. The molecule has 2 nitrogen and oxygen atoms in total. The van der Waals surface area contributed by atoms with Crippen LogP contribution in [0.3, 0.4) is 0 Å². The van der Waals surface area contributed by atoms with E-state index in [1.54, 1.807) is 12.1 Å². The number of nitrogens with one attached hydrogen (secondary N) is 1. The largest absolute Gasteiger partial charge is 0.325 e. The van der Waals surface area contributed by atoms with Gasteiger partial charge in [0.1, 0.15) is 0 Å². The van der Waals surface area contributed by atoms with Crippen molar-refractivity contribution in [2.45, 2.75) is 32.6 Å². The van der Waals surface area contributed by atoms with Gasteiger partial charge < -0.3 is 5.32 Å². The fourth-order valence-corrected chi connectivity index (χ4v) is 2.29. The van der Waals surface area contributed by atoms with E-state index in [0.717, 1.165) is 6.42 Å². The summed E-state index contributed by atoms with van der Waals surface area (Å²) in [6, 6.07) is 15.7. The van der Waals surface area contributed by atoms with Gasteiger partial charge in [0.2, 0.25) is 5.91 Å². The maximum Gasteiger partial charge on any atom is 0.224 e. The summed E-state index contributed by atoms with van der Waals surface area (Å²) in [4.78, 5) is 11.9. The van der Waals surface area contributed by atoms with Crippen LogP contribution in [0.1, 0.15) is 37.3 Å². The van der Waals surface area contributed by atoms with Crippen LogP contribution in [-0.2, 0) is 11.2 Å². The van der Waals surface area contributed by atoms with E-state index in [1.165, 1.54) is 11.1 Å². The highest BCUT2D eigenvalue weighted by Crippen LogP contribution is 2.21. The number of aryl methyl sites for hydroxylation is 1. The number of carbonyl (C=O) groups excluding carboxylic acids is 1. The van der Waals surface area contributed by atoms with Crippen molar-refractivity contribution in [3.8, 4) is 0 Å². The molecule has 0 aliphatic carbocycles. The number of hydrogen-bond acceptors (Lipinski definition) is 1. The van der Waals surface area contributed by atoms with Crippen LogP contribution in [0.4, 0.5) is 5.69 Å². The van der Waals surface area contributed by atoms with Crippen LogP contribution in [0.15, 0.2) is 48.5 Å². The Bertz CT molecular complexity index is 605. The molecule has 0 fully saturated rings. The third-order valence-electron chi connectivity index (χ3n) is 3.44. The first-order chi connectivity index (χ1) is 10.1. The topological polar surface area (TPSA) is 29.1 Å². The Morgan fingerprint density at radius 2 is 1.76 bits per heavy atom. The van der Waals surface area contributed by atoms with Crippen molar-refractivity contribution in [1.29, 1.82) is 0 Å². The van der Waals surface area contributed by atoms with Gasteiger partial charge in [-0.1, -0.05) is 61.8 Å². The van der Waals surface area contributed by atoms with Crippen molar-refractivity contribution in [1.82, 2.24) is 0 Å². The first-order valence-electron chi connectivity index (χ1n) is 7.19. The number of amides is 1. The van der Waals surface area contributed by atoms with Gasteiger partial charge in [-0.15, -0.1) is 0 Å². The highest BCUT2D eigenvalue weighted by molar-refractivity contribution is 6.33. The van der Waals surface area contributed by atoms with Gasteiger partial charge in [-0.3, -0.25) is 4.79 Å². The normalized spacial score (nSPS) is 10.7. The quantitative estimate of drug-likeness (QED) is 0.824. The molecule has 3 heteroatoms. The van der Waals surface area contributed by atoms with E-state index in [-0.39, 0.29) is 5.91 Å². The number of anilines is 1. The van der Waals surface area contributed by atoms with E-state index in [2.05, 4.69) is 43.4 Å². The molecule has 1 amide bonds. The van der Waals surface area contributed by atoms with Crippen molar-refractivity contribution in [2.75, 3.05) is 5.32 Å². The predicted octanol–water partition coefficient (Wildman–Crippen LogP) is 5.03. The Kier molecular flexibility index (Phi) is 5.40. The Morgan fingerprint density at radius 1 is 1.10 bits per heavy atom. The molecule has 0 saturated carbocycles. The summed E-state index contributed by atoms with van der Waals surface area (Å²) in [5, 5.41) is 3.40. The maximum absolute atomic E-state index is 11.9. The Morgan fingerprint density at radius 3 is 2.38 bits per heavy atom. The number of rotatable bonds is 5. The minimum Gasteiger partial charge on any atom is -0.325 e. The zero-order chi connectivity index (χ0) is 15.2. The van der Waals surface area contributed by atoms with Crippen LogP contribution in [0.2, 0.25) is 5.02 Å². The van der Waals surface area contributed by atoms with Gasteiger partial charge in [0.25, 0.3) is 0 Å². The van der Waals surface area contributed by atoms with Gasteiger partial charge in [-0.25, -0.2) is 0 Å². The molecule has 0 radical (unpaired) electrons. The minimum absolute atomic E-state index is 0.0176. The van der Waals surface area contributed by atoms with Crippen LogP contribution in [0.25, 0.3) is 0 Å². The molecule has 21 heavy (non-hydrogen) atoms. The highest BCUT2D eigenvalue weighted by Gasteiger charge is 2.06. The summed E-state index contributed by atoms with van der Waals surface area (Å²) >= 11 is 6.02. The third-order valence-corrected chi connectivity index (χ3v) is 3.76. The SMILES string of the molecule is CC(C)c1ccc(CCC(=O)Nc2ccccc2Cl)cc1. The molecule has 0 heterocycles. The van der Waals surface area contributed by atoms with E-state index in [4.69, 9.17) is 11.6 Å². The van der Waals surface area contributed by atoms with Crippen LogP contribution in [0, 0.1) is 0 Å². The van der Waals surface area contributed by atoms with Crippen LogP contribution < -0.4 is 5.32 Å². The second-order valence-corrected chi connectivity index (χ2v) is 5.83. The van der Waals surface area contributed by atoms with E-state index in [1.807, 2.05) is 12.1 Å². The minimum atomic E-state index is -0.0176. The average molecular weight is 302 g/mol. The van der Waals surface area contributed by atoms with E-state index < -0.39 is 0 Å². The fourth-order valence-electron chi connectivity index (χ4n) is 2.10. The van der Waals surface area contributed by atoms with Crippen molar-refractivity contribution in [3.63, 3.8) is 0 Å². The molecule has 0 atom stereocenters. The monoisotopic (exact) mass is 301 g/mol. The Balaban J connectivity index is 1.88. The Hall–Kier alpha value is -1.80. The predicted molar refractivity (Wildman–Crippen MR) is 88.9 cm³/mol. The lowest BCUT2D eigenvalue weighted by Gasteiger charge is -2.08. The van der Waals surface area contributed by atoms with E-state index in [0.29, 0.717) is 23.0 Å². The Labute approximate surface area is 131 Å². The number of carbonyl (C=O) groups is 1. The fraction of sp³-hybridized carbons (Fsp3) is 0.278. The zero-order valence-electron chi connectivity index (χ0n) is 12.4. The van der Waals surface area contributed by atoms with Gasteiger partial charge in [0, 0.05) is 6.42 Å². The summed E-state index contributed by atoms with van der Waals surface area (Å²) < 4.78 is 0. The first kappa shape index (κ1) is 15.6. The zero-order valence-corrected chi connectivity index (χ0v) is 13.2. The van der Waals surface area contributed by atoms with Crippen molar-refractivity contribution < 1.29 is 4.79 Å². The lowest BCUT2D eigenvalue weighted by atomic mass is 10.0. The molecule has 0 spiro atoms. The summed E-state index contributed by atoms with van der Waals surface area (Å²) in [5.74, 6) is 0.513. The van der Waals surface area contributed by atoms with Gasteiger partial charge in [-0.05, 0) is 35.6 Å². The number of hydrogen-bond donors (Lipinski definition) is 1. The summed E-state index contributed by atoms with van der Waals surface area (Å²) in [6.07, 6.45) is 1.18. The molecule has 2 aromatic carbocycles. The van der Waals surface area contributed by atoms with Gasteiger partial charge >= 0.3 is 0 Å². The van der Waals surface area contributed by atoms with Gasteiger partial charge in [0.15, 0.2) is 0 Å². The summed E-state index contributed by atoms with van der Waals surface area (Å²) in [6.45, 7) is 4.35. The molecule has 0 aliphatic rings. The smallest absolute Gasteiger partial charge is 0.224 e. The second-order valence-electron chi connectivity index (χ2n) is 5.42. The van der Waals surface area contributed by atoms with Gasteiger partial charge in [-0.2, -0.15) is 0 Å². The molecule has 0 unspecified atom stereocenters. The van der Waals surface area contributed by atoms with Crippen LogP contribution in [0.5, 0.6) is 0 Å². The van der Waals surface area contributed by atoms with Crippen molar-refractivity contribution in [2.24, 2.45) is 0 Å². The average Bonchev–Trinajstić information content (AvgIpc) is 2.48. The van der Waals surface area contributed by atoms with Crippen molar-refractivity contribution >= 4 is 23.2 Å². The third kappa shape index (κ3) is 4.61. The molecular formula is C18H20ClNO. The summed E-state index contributed by atoms with van der Waals surface area (Å²) in [5.41, 5.74) is 3.16. The number of benzene rings is 2. The van der Waals surface area contributed by atoms with E-state index >= 15 is 0 Å². The van der Waals surface area contributed by atoms with Crippen LogP contribution in [-0.4, -0.2) is 5.91 Å². The molecule has 2 aromatic rings. The molecule has 0 aromatic heterocycles. The molecule has 2 rings (SSSR count). The van der Waals surface area contributed by atoms with Crippen LogP contribution >= 0.6 is 11.6 Å². The first-order valence-corrected chi connectivity index (χ1v) is 7.57. The number of para-hydroxylation sites is 1. The van der Waals surface area contributed by atoms with Crippen molar-refractivity contribution in [3.05, 3.63) is 64.7 Å². The number of halogens is 1. The molecule has 1 N–H and O–H groups in total. The summed E-state index contributed by atoms with van der Waals surface area (Å²) in [7, 11) is 0.